The van der Waals surface area contributed by atoms with Crippen LogP contribution in [0.15, 0.2) is 53.4 Å². The molecule has 3 rings (SSSR count). The molecule has 0 aliphatic carbocycles. The van der Waals surface area contributed by atoms with Crippen molar-refractivity contribution in [1.29, 1.82) is 0 Å². The summed E-state index contributed by atoms with van der Waals surface area (Å²) in [5, 5.41) is 4.92. The van der Waals surface area contributed by atoms with Crippen molar-refractivity contribution in [2.45, 2.75) is 37.1 Å². The van der Waals surface area contributed by atoms with Crippen LogP contribution in [0.5, 0.6) is 0 Å². The number of piperidine rings is 1. The van der Waals surface area contributed by atoms with Crippen LogP contribution in [-0.4, -0.2) is 43.7 Å². The first kappa shape index (κ1) is 21.9. The van der Waals surface area contributed by atoms with Gasteiger partial charge in [-0.25, -0.2) is 12.8 Å². The van der Waals surface area contributed by atoms with E-state index in [2.05, 4.69) is 10.6 Å². The average Bonchev–Trinajstić information content (AvgIpc) is 2.72. The Morgan fingerprint density at radius 1 is 1.13 bits per heavy atom. The van der Waals surface area contributed by atoms with E-state index in [9.17, 15) is 22.4 Å². The smallest absolute Gasteiger partial charge is 0.251 e. The fourth-order valence-electron chi connectivity index (χ4n) is 3.40. The second-order valence-electron chi connectivity index (χ2n) is 7.23. The summed E-state index contributed by atoms with van der Waals surface area (Å²) in [6, 6.07) is 11.1. The first-order valence-corrected chi connectivity index (χ1v) is 11.2. The third-order valence-corrected chi connectivity index (χ3v) is 6.97. The minimum absolute atomic E-state index is 0.0492. The zero-order chi connectivity index (χ0) is 21.7. The first-order valence-electron chi connectivity index (χ1n) is 9.73. The third kappa shape index (κ3) is 5.22. The highest BCUT2D eigenvalue weighted by molar-refractivity contribution is 7.89. The number of nitrogens with zero attached hydrogens (tertiary/aromatic N) is 1. The maximum Gasteiger partial charge on any atom is 0.251 e. The molecule has 1 aliphatic rings. The number of hydrogen-bond donors (Lipinski definition) is 2. The molecular formula is C21H24FN3O4S. The standard InChI is InChI=1S/C21H24FN3O4S/c1-15-6-2-3-11-25(15)30(28,29)19-10-4-7-16(12-19)21(27)23-14-20(26)24-18-9-5-8-17(22)13-18/h4-5,7-10,12-13,15H,2-3,6,11,14H2,1H3,(H,23,27)(H,24,26). The summed E-state index contributed by atoms with van der Waals surface area (Å²) in [6.45, 7) is 2.00. The molecule has 0 aromatic heterocycles. The van der Waals surface area contributed by atoms with Crippen LogP contribution in [0.25, 0.3) is 0 Å². The van der Waals surface area contributed by atoms with Gasteiger partial charge in [-0.05, 0) is 56.2 Å². The molecule has 9 heteroatoms. The summed E-state index contributed by atoms with van der Waals surface area (Å²) in [5.74, 6) is -1.59. The van der Waals surface area contributed by atoms with Crippen LogP contribution in [0.4, 0.5) is 10.1 Å². The lowest BCUT2D eigenvalue weighted by Crippen LogP contribution is -2.42. The number of sulfonamides is 1. The summed E-state index contributed by atoms with van der Waals surface area (Å²) in [4.78, 5) is 24.4. The van der Waals surface area contributed by atoms with E-state index in [0.29, 0.717) is 6.54 Å². The van der Waals surface area contributed by atoms with Crippen LogP contribution in [0.1, 0.15) is 36.5 Å². The SMILES string of the molecule is CC1CCCCN1S(=O)(=O)c1cccc(C(=O)NCC(=O)Nc2cccc(F)c2)c1. The van der Waals surface area contributed by atoms with Crippen LogP contribution in [0.3, 0.4) is 0 Å². The Bertz CT molecular complexity index is 1040. The Kier molecular flexibility index (Phi) is 6.84. The van der Waals surface area contributed by atoms with Crippen LogP contribution >= 0.6 is 0 Å². The van der Waals surface area contributed by atoms with E-state index in [1.807, 2.05) is 6.92 Å². The van der Waals surface area contributed by atoms with Gasteiger partial charge in [0.1, 0.15) is 5.82 Å². The Morgan fingerprint density at radius 2 is 1.90 bits per heavy atom. The van der Waals surface area contributed by atoms with Gasteiger partial charge in [0.2, 0.25) is 15.9 Å². The Labute approximate surface area is 175 Å². The maximum absolute atomic E-state index is 13.2. The molecule has 0 spiro atoms. The van der Waals surface area contributed by atoms with Crippen molar-refractivity contribution in [3.8, 4) is 0 Å². The van der Waals surface area contributed by atoms with E-state index in [-0.39, 0.29) is 28.7 Å². The van der Waals surface area contributed by atoms with Crippen molar-refractivity contribution in [3.05, 3.63) is 59.9 Å². The van der Waals surface area contributed by atoms with Crippen LogP contribution in [0, 0.1) is 5.82 Å². The van der Waals surface area contributed by atoms with E-state index in [1.165, 1.54) is 46.8 Å². The van der Waals surface area contributed by atoms with Gasteiger partial charge in [0.05, 0.1) is 11.4 Å². The van der Waals surface area contributed by atoms with Crippen molar-refractivity contribution in [2.75, 3.05) is 18.4 Å². The fraction of sp³-hybridized carbons (Fsp3) is 0.333. The number of benzene rings is 2. The topological polar surface area (TPSA) is 95.6 Å². The molecule has 1 unspecified atom stereocenters. The predicted octanol–water partition coefficient (Wildman–Crippen LogP) is 2.76. The molecule has 1 heterocycles. The van der Waals surface area contributed by atoms with Gasteiger partial charge in [-0.1, -0.05) is 18.6 Å². The molecule has 2 aromatic carbocycles. The summed E-state index contributed by atoms with van der Waals surface area (Å²) in [7, 11) is -3.70. The highest BCUT2D eigenvalue weighted by atomic mass is 32.2. The lowest BCUT2D eigenvalue weighted by molar-refractivity contribution is -0.115. The highest BCUT2D eigenvalue weighted by Gasteiger charge is 2.31. The van der Waals surface area contributed by atoms with E-state index in [0.717, 1.165) is 25.3 Å². The third-order valence-electron chi connectivity index (χ3n) is 4.96. The van der Waals surface area contributed by atoms with Crippen molar-refractivity contribution in [2.24, 2.45) is 0 Å². The number of carbonyl (C=O) groups excluding carboxylic acids is 2. The van der Waals surface area contributed by atoms with E-state index in [1.54, 1.807) is 0 Å². The van der Waals surface area contributed by atoms with Crippen molar-refractivity contribution >= 4 is 27.5 Å². The normalized spacial score (nSPS) is 17.3. The number of amides is 2. The Hall–Kier alpha value is -2.78. The van der Waals surface area contributed by atoms with E-state index < -0.39 is 27.7 Å². The molecule has 0 radical (unpaired) electrons. The number of carbonyl (C=O) groups is 2. The minimum atomic E-state index is -3.70. The molecule has 1 fully saturated rings. The summed E-state index contributed by atoms with van der Waals surface area (Å²) < 4.78 is 40.6. The van der Waals surface area contributed by atoms with Gasteiger partial charge in [0.15, 0.2) is 0 Å². The van der Waals surface area contributed by atoms with E-state index in [4.69, 9.17) is 0 Å². The highest BCUT2D eigenvalue weighted by Crippen LogP contribution is 2.25. The molecule has 0 bridgehead atoms. The van der Waals surface area contributed by atoms with Crippen LogP contribution in [-0.2, 0) is 14.8 Å². The van der Waals surface area contributed by atoms with Gasteiger partial charge in [0.25, 0.3) is 5.91 Å². The first-order chi connectivity index (χ1) is 14.3. The number of hydrogen-bond acceptors (Lipinski definition) is 4. The quantitative estimate of drug-likeness (QED) is 0.732. The zero-order valence-electron chi connectivity index (χ0n) is 16.6. The van der Waals surface area contributed by atoms with Gasteiger partial charge in [-0.3, -0.25) is 9.59 Å². The van der Waals surface area contributed by atoms with Crippen molar-refractivity contribution in [3.63, 3.8) is 0 Å². The van der Waals surface area contributed by atoms with Gasteiger partial charge < -0.3 is 10.6 Å². The molecule has 0 saturated carbocycles. The second kappa shape index (κ2) is 9.36. The lowest BCUT2D eigenvalue weighted by atomic mass is 10.1. The van der Waals surface area contributed by atoms with Gasteiger partial charge in [0, 0.05) is 23.8 Å². The molecule has 30 heavy (non-hydrogen) atoms. The zero-order valence-corrected chi connectivity index (χ0v) is 17.4. The molecule has 7 nitrogen and oxygen atoms in total. The molecular weight excluding hydrogens is 409 g/mol. The average molecular weight is 434 g/mol. The van der Waals surface area contributed by atoms with Crippen molar-refractivity contribution < 1.29 is 22.4 Å². The molecule has 1 saturated heterocycles. The number of halogens is 1. The molecule has 2 N–H and O–H groups in total. The number of nitrogens with one attached hydrogen (secondary N) is 2. The molecule has 1 aliphatic heterocycles. The second-order valence-corrected chi connectivity index (χ2v) is 9.12. The van der Waals surface area contributed by atoms with Gasteiger partial charge in [-0.2, -0.15) is 4.31 Å². The van der Waals surface area contributed by atoms with Crippen LogP contribution in [0.2, 0.25) is 0 Å². The predicted molar refractivity (Wildman–Crippen MR) is 111 cm³/mol. The molecule has 2 aromatic rings. The Morgan fingerprint density at radius 3 is 2.63 bits per heavy atom. The minimum Gasteiger partial charge on any atom is -0.343 e. The Balaban J connectivity index is 1.65. The maximum atomic E-state index is 13.2. The largest absolute Gasteiger partial charge is 0.343 e. The number of anilines is 1. The lowest BCUT2D eigenvalue weighted by Gasteiger charge is -2.32. The van der Waals surface area contributed by atoms with E-state index >= 15 is 0 Å². The molecule has 1 atom stereocenters. The fourth-order valence-corrected chi connectivity index (χ4v) is 5.14. The number of rotatable bonds is 6. The summed E-state index contributed by atoms with van der Waals surface area (Å²) >= 11 is 0. The molecule has 160 valence electrons. The van der Waals surface area contributed by atoms with Gasteiger partial charge >= 0.3 is 0 Å². The summed E-state index contributed by atoms with van der Waals surface area (Å²) in [5.41, 5.74) is 0.414. The summed E-state index contributed by atoms with van der Waals surface area (Å²) in [6.07, 6.45) is 2.61. The molecule has 2 amide bonds. The van der Waals surface area contributed by atoms with Crippen molar-refractivity contribution in [1.82, 2.24) is 9.62 Å². The van der Waals surface area contributed by atoms with Gasteiger partial charge in [-0.15, -0.1) is 0 Å². The monoisotopic (exact) mass is 433 g/mol. The van der Waals surface area contributed by atoms with Crippen LogP contribution < -0.4 is 10.6 Å².